The fourth-order valence-electron chi connectivity index (χ4n) is 2.84. The number of hydrogen-bond acceptors (Lipinski definition) is 3. The summed E-state index contributed by atoms with van der Waals surface area (Å²) < 4.78 is 18.4. The highest BCUT2D eigenvalue weighted by atomic mass is 35.5. The first-order chi connectivity index (χ1) is 11.6. The Balaban J connectivity index is 0.00000225. The van der Waals surface area contributed by atoms with E-state index < -0.39 is 0 Å². The van der Waals surface area contributed by atoms with E-state index in [1.165, 1.54) is 29.8 Å². The number of halogens is 3. The minimum Gasteiger partial charge on any atom is -0.459 e. The summed E-state index contributed by atoms with van der Waals surface area (Å²) in [5.74, 6) is -0.742. The Morgan fingerprint density at radius 3 is 2.28 bits per heavy atom. The van der Waals surface area contributed by atoms with Crippen molar-refractivity contribution in [1.29, 1.82) is 0 Å². The van der Waals surface area contributed by atoms with Crippen LogP contribution in [0.4, 0.5) is 4.39 Å². The van der Waals surface area contributed by atoms with Crippen molar-refractivity contribution < 1.29 is 13.9 Å². The summed E-state index contributed by atoms with van der Waals surface area (Å²) in [4.78, 5) is 14.4. The van der Waals surface area contributed by atoms with E-state index in [1.807, 2.05) is 24.3 Å². The first-order valence-corrected chi connectivity index (χ1v) is 8.41. The van der Waals surface area contributed by atoms with Crippen molar-refractivity contribution in [2.24, 2.45) is 0 Å². The van der Waals surface area contributed by atoms with E-state index in [2.05, 4.69) is 4.90 Å². The van der Waals surface area contributed by atoms with E-state index in [4.69, 9.17) is 16.3 Å². The second-order valence-corrected chi connectivity index (χ2v) is 6.45. The summed E-state index contributed by atoms with van der Waals surface area (Å²) in [5, 5.41) is 0.741. The van der Waals surface area contributed by atoms with Crippen LogP contribution in [0.15, 0.2) is 48.5 Å². The summed E-state index contributed by atoms with van der Waals surface area (Å²) in [6, 6.07) is 13.3. The number of rotatable bonds is 4. The monoisotopic (exact) mass is 383 g/mol. The van der Waals surface area contributed by atoms with Gasteiger partial charge in [0.15, 0.2) is 0 Å². The quantitative estimate of drug-likeness (QED) is 0.715. The van der Waals surface area contributed by atoms with Gasteiger partial charge in [0.25, 0.3) is 0 Å². The second-order valence-electron chi connectivity index (χ2n) is 6.01. The average Bonchev–Trinajstić information content (AvgIpc) is 2.59. The number of carbonyl (C=O) groups is 1. The molecule has 2 aromatic carbocycles. The summed E-state index contributed by atoms with van der Waals surface area (Å²) in [7, 11) is 0. The zero-order chi connectivity index (χ0) is 16.9. The highest BCUT2D eigenvalue weighted by Gasteiger charge is 2.23. The minimum absolute atomic E-state index is 0. The average molecular weight is 384 g/mol. The molecule has 1 saturated heterocycles. The van der Waals surface area contributed by atoms with Crippen molar-refractivity contribution in [3.8, 4) is 0 Å². The van der Waals surface area contributed by atoms with Gasteiger partial charge in [0.05, 0.1) is 5.56 Å². The molecule has 0 atom stereocenters. The van der Waals surface area contributed by atoms with Gasteiger partial charge >= 0.3 is 5.97 Å². The predicted octanol–water partition coefficient (Wildman–Crippen LogP) is 4.72. The number of piperidine rings is 1. The maximum Gasteiger partial charge on any atom is 0.338 e. The van der Waals surface area contributed by atoms with Gasteiger partial charge in [0.2, 0.25) is 0 Å². The molecule has 0 amide bonds. The maximum absolute atomic E-state index is 12.9. The lowest BCUT2D eigenvalue weighted by atomic mass is 10.1. The molecule has 6 heteroatoms. The molecule has 3 rings (SSSR count). The Bertz CT molecular complexity index is 684. The van der Waals surface area contributed by atoms with Gasteiger partial charge in [-0.3, -0.25) is 4.90 Å². The van der Waals surface area contributed by atoms with E-state index in [1.54, 1.807) is 0 Å². The molecule has 0 spiro atoms. The fourth-order valence-corrected chi connectivity index (χ4v) is 2.96. The summed E-state index contributed by atoms with van der Waals surface area (Å²) in [5.41, 5.74) is 1.61. The molecular formula is C19H20Cl2FNO2. The lowest BCUT2D eigenvalue weighted by Gasteiger charge is -2.31. The van der Waals surface area contributed by atoms with Gasteiger partial charge in [-0.25, -0.2) is 9.18 Å². The first-order valence-electron chi connectivity index (χ1n) is 8.03. The van der Waals surface area contributed by atoms with Crippen molar-refractivity contribution >= 4 is 30.0 Å². The third-order valence-electron chi connectivity index (χ3n) is 4.21. The third kappa shape index (κ3) is 5.70. The van der Waals surface area contributed by atoms with E-state index in [-0.39, 0.29) is 30.3 Å². The third-order valence-corrected chi connectivity index (χ3v) is 4.46. The summed E-state index contributed by atoms with van der Waals surface area (Å²) in [6.45, 7) is 2.63. The van der Waals surface area contributed by atoms with Crippen LogP contribution < -0.4 is 0 Å². The van der Waals surface area contributed by atoms with Crippen molar-refractivity contribution in [3.63, 3.8) is 0 Å². The number of likely N-dealkylation sites (tertiary alicyclic amines) is 1. The smallest absolute Gasteiger partial charge is 0.338 e. The number of benzene rings is 2. The van der Waals surface area contributed by atoms with Gasteiger partial charge < -0.3 is 4.74 Å². The highest BCUT2D eigenvalue weighted by Crippen LogP contribution is 2.19. The van der Waals surface area contributed by atoms with Crippen LogP contribution in [0.5, 0.6) is 0 Å². The SMILES string of the molecule is Cl.O=C(OC1CCN(Cc2ccc(Cl)cc2)CC1)c1ccc(F)cc1. The Morgan fingerprint density at radius 1 is 1.08 bits per heavy atom. The Labute approximate surface area is 158 Å². The van der Waals surface area contributed by atoms with Crippen LogP contribution in [0.2, 0.25) is 5.02 Å². The molecular weight excluding hydrogens is 364 g/mol. The van der Waals surface area contributed by atoms with Crippen LogP contribution in [-0.2, 0) is 11.3 Å². The largest absolute Gasteiger partial charge is 0.459 e. The molecule has 0 aromatic heterocycles. The molecule has 0 unspecified atom stereocenters. The van der Waals surface area contributed by atoms with Gasteiger partial charge in [-0.05, 0) is 54.8 Å². The van der Waals surface area contributed by atoms with Gasteiger partial charge in [0.1, 0.15) is 11.9 Å². The fraction of sp³-hybridized carbons (Fsp3) is 0.316. The highest BCUT2D eigenvalue weighted by molar-refractivity contribution is 6.30. The molecule has 1 fully saturated rings. The molecule has 0 bridgehead atoms. The van der Waals surface area contributed by atoms with Gasteiger partial charge in [-0.2, -0.15) is 0 Å². The zero-order valence-corrected chi connectivity index (χ0v) is 15.2. The zero-order valence-electron chi connectivity index (χ0n) is 13.7. The molecule has 134 valence electrons. The van der Waals surface area contributed by atoms with Crippen LogP contribution >= 0.6 is 24.0 Å². The summed E-state index contributed by atoms with van der Waals surface area (Å²) in [6.07, 6.45) is 1.53. The number of hydrogen-bond donors (Lipinski definition) is 0. The van der Waals surface area contributed by atoms with Crippen LogP contribution in [0, 0.1) is 5.82 Å². The standard InChI is InChI=1S/C19H19ClFNO2.ClH/c20-16-5-1-14(2-6-16)13-22-11-9-18(10-12-22)24-19(23)15-3-7-17(21)8-4-15;/h1-8,18H,9-13H2;1H. The minimum atomic E-state index is -0.383. The molecule has 1 heterocycles. The molecule has 0 N–H and O–H groups in total. The molecule has 2 aromatic rings. The van der Waals surface area contributed by atoms with E-state index in [0.29, 0.717) is 5.56 Å². The Morgan fingerprint density at radius 2 is 1.68 bits per heavy atom. The second kappa shape index (κ2) is 9.18. The van der Waals surface area contributed by atoms with Crippen molar-refractivity contribution in [1.82, 2.24) is 4.90 Å². The summed E-state index contributed by atoms with van der Waals surface area (Å²) >= 11 is 5.90. The van der Waals surface area contributed by atoms with E-state index in [0.717, 1.165) is 37.5 Å². The molecule has 25 heavy (non-hydrogen) atoms. The number of esters is 1. The Kier molecular flexibility index (Phi) is 7.24. The normalized spacial score (nSPS) is 15.4. The molecule has 1 aliphatic heterocycles. The number of carbonyl (C=O) groups excluding carboxylic acids is 1. The van der Waals surface area contributed by atoms with Crippen LogP contribution in [0.25, 0.3) is 0 Å². The number of nitrogens with zero attached hydrogens (tertiary/aromatic N) is 1. The lowest BCUT2D eigenvalue weighted by Crippen LogP contribution is -2.37. The van der Waals surface area contributed by atoms with Gasteiger partial charge in [0, 0.05) is 24.7 Å². The van der Waals surface area contributed by atoms with E-state index in [9.17, 15) is 9.18 Å². The first kappa shape index (κ1) is 19.7. The van der Waals surface area contributed by atoms with Crippen molar-refractivity contribution in [3.05, 3.63) is 70.5 Å². The predicted molar refractivity (Wildman–Crippen MR) is 98.8 cm³/mol. The molecule has 0 aliphatic carbocycles. The van der Waals surface area contributed by atoms with Gasteiger partial charge in [-0.1, -0.05) is 23.7 Å². The van der Waals surface area contributed by atoms with Crippen molar-refractivity contribution in [2.45, 2.75) is 25.5 Å². The Hall–Kier alpha value is -1.62. The molecule has 0 radical (unpaired) electrons. The molecule has 0 saturated carbocycles. The lowest BCUT2D eigenvalue weighted by molar-refractivity contribution is 0.0104. The van der Waals surface area contributed by atoms with Crippen molar-refractivity contribution in [2.75, 3.05) is 13.1 Å². The van der Waals surface area contributed by atoms with Crippen LogP contribution in [0.1, 0.15) is 28.8 Å². The van der Waals surface area contributed by atoms with Crippen LogP contribution in [-0.4, -0.2) is 30.1 Å². The molecule has 3 nitrogen and oxygen atoms in total. The number of ether oxygens (including phenoxy) is 1. The maximum atomic E-state index is 12.9. The topological polar surface area (TPSA) is 29.5 Å². The molecule has 1 aliphatic rings. The van der Waals surface area contributed by atoms with E-state index >= 15 is 0 Å². The van der Waals surface area contributed by atoms with Gasteiger partial charge in [-0.15, -0.1) is 12.4 Å². The van der Waals surface area contributed by atoms with Crippen LogP contribution in [0.3, 0.4) is 0 Å².